The summed E-state index contributed by atoms with van der Waals surface area (Å²) in [5, 5.41) is 9.97. The van der Waals surface area contributed by atoms with Crippen molar-refractivity contribution in [2.24, 2.45) is 7.05 Å². The second-order valence-corrected chi connectivity index (χ2v) is 6.70. The van der Waals surface area contributed by atoms with Gasteiger partial charge in [-0.1, -0.05) is 0 Å². The van der Waals surface area contributed by atoms with E-state index in [0.717, 1.165) is 0 Å². The molecule has 1 fully saturated rings. The van der Waals surface area contributed by atoms with Crippen LogP contribution in [0.4, 0.5) is 0 Å². The van der Waals surface area contributed by atoms with Gasteiger partial charge in [-0.3, -0.25) is 0 Å². The number of nitrogens with zero attached hydrogens (tertiary/aromatic N) is 3. The number of hydrogen-bond acceptors (Lipinski definition) is 4. The van der Waals surface area contributed by atoms with E-state index in [4.69, 9.17) is 0 Å². The minimum Gasteiger partial charge on any atom is -0.389 e. The Kier molecular flexibility index (Phi) is 3.01. The molecule has 1 N–H and O–H groups in total. The normalized spacial score (nSPS) is 27.2. The van der Waals surface area contributed by atoms with Gasteiger partial charge in [0.15, 0.2) is 5.03 Å². The molecule has 2 heterocycles. The van der Waals surface area contributed by atoms with Gasteiger partial charge in [-0.25, -0.2) is 13.4 Å². The number of β-amino-alcohol motifs (C(OH)–C–C–N with tert-alkyl or cyclic N) is 1. The maximum absolute atomic E-state index is 12.2. The summed E-state index contributed by atoms with van der Waals surface area (Å²) in [5.74, 6) is 0. The first-order valence-electron chi connectivity index (χ1n) is 5.52. The summed E-state index contributed by atoms with van der Waals surface area (Å²) in [7, 11) is -1.85. The highest BCUT2D eigenvalue weighted by atomic mass is 32.2. The molecule has 0 aromatic carbocycles. The smallest absolute Gasteiger partial charge is 0.262 e. The van der Waals surface area contributed by atoms with Gasteiger partial charge in [0.1, 0.15) is 0 Å². The standard InChI is InChI=1S/C10H17N3O3S/c1-10(14)4-3-5-13(7-10)17(15,16)9-6-12(2)8-11-9/h6,8,14H,3-5,7H2,1-2H3. The number of aliphatic hydroxyl groups is 1. The van der Waals surface area contributed by atoms with Crippen molar-refractivity contribution in [1.29, 1.82) is 0 Å². The van der Waals surface area contributed by atoms with Crippen molar-refractivity contribution in [3.05, 3.63) is 12.5 Å². The van der Waals surface area contributed by atoms with Gasteiger partial charge in [-0.2, -0.15) is 4.31 Å². The van der Waals surface area contributed by atoms with Gasteiger partial charge in [-0.15, -0.1) is 0 Å². The molecule has 0 amide bonds. The van der Waals surface area contributed by atoms with Crippen LogP contribution in [-0.2, 0) is 17.1 Å². The van der Waals surface area contributed by atoms with Crippen LogP contribution in [0.1, 0.15) is 19.8 Å². The Hall–Kier alpha value is -0.920. The van der Waals surface area contributed by atoms with Crippen LogP contribution in [0, 0.1) is 0 Å². The fraction of sp³-hybridized carbons (Fsp3) is 0.700. The first-order valence-corrected chi connectivity index (χ1v) is 6.96. The van der Waals surface area contributed by atoms with Crippen LogP contribution in [0.15, 0.2) is 17.6 Å². The lowest BCUT2D eigenvalue weighted by Crippen LogP contribution is -2.48. The van der Waals surface area contributed by atoms with Crippen molar-refractivity contribution in [1.82, 2.24) is 13.9 Å². The lowest BCUT2D eigenvalue weighted by atomic mass is 9.97. The second kappa shape index (κ2) is 4.08. The second-order valence-electron chi connectivity index (χ2n) is 4.82. The van der Waals surface area contributed by atoms with Crippen LogP contribution in [0.5, 0.6) is 0 Å². The molecule has 1 aromatic heterocycles. The Bertz CT molecular complexity index is 507. The van der Waals surface area contributed by atoms with E-state index in [1.807, 2.05) is 0 Å². The molecule has 1 atom stereocenters. The zero-order valence-electron chi connectivity index (χ0n) is 10.00. The summed E-state index contributed by atoms with van der Waals surface area (Å²) in [6.07, 6.45) is 4.22. The third-order valence-corrected chi connectivity index (χ3v) is 4.66. The van der Waals surface area contributed by atoms with Gasteiger partial charge in [-0.05, 0) is 19.8 Å². The quantitative estimate of drug-likeness (QED) is 0.808. The summed E-state index contributed by atoms with van der Waals surface area (Å²) < 4.78 is 27.4. The topological polar surface area (TPSA) is 75.4 Å². The predicted octanol–water partition coefficient (Wildman–Crippen LogP) is -0.0444. The Morgan fingerprint density at radius 2 is 2.24 bits per heavy atom. The average molecular weight is 259 g/mol. The van der Waals surface area contributed by atoms with Crippen molar-refractivity contribution in [2.45, 2.75) is 30.4 Å². The monoisotopic (exact) mass is 259 g/mol. The third kappa shape index (κ3) is 2.51. The zero-order valence-corrected chi connectivity index (χ0v) is 10.8. The first kappa shape index (κ1) is 12.5. The SMILES string of the molecule is Cn1cnc(S(=O)(=O)N2CCCC(C)(O)C2)c1. The maximum atomic E-state index is 12.2. The molecule has 1 aromatic rings. The maximum Gasteiger partial charge on any atom is 0.262 e. The average Bonchev–Trinajstić information content (AvgIpc) is 2.64. The number of aryl methyl sites for hydroxylation is 1. The van der Waals surface area contributed by atoms with Crippen molar-refractivity contribution < 1.29 is 13.5 Å². The minimum atomic E-state index is -3.57. The molecule has 2 rings (SSSR count). The molecule has 0 aliphatic carbocycles. The summed E-state index contributed by atoms with van der Waals surface area (Å²) in [6, 6.07) is 0. The van der Waals surface area contributed by atoms with Gasteiger partial charge in [0.25, 0.3) is 10.0 Å². The molecule has 0 saturated carbocycles. The first-order chi connectivity index (χ1) is 7.81. The summed E-state index contributed by atoms with van der Waals surface area (Å²) in [5.41, 5.74) is -0.944. The van der Waals surface area contributed by atoms with Crippen LogP contribution in [-0.4, -0.2) is 46.1 Å². The molecule has 1 saturated heterocycles. The van der Waals surface area contributed by atoms with Crippen LogP contribution in [0.3, 0.4) is 0 Å². The predicted molar refractivity (Wildman–Crippen MR) is 61.8 cm³/mol. The fourth-order valence-corrected chi connectivity index (χ4v) is 3.60. The molecule has 6 nitrogen and oxygen atoms in total. The van der Waals surface area contributed by atoms with E-state index in [1.54, 1.807) is 18.5 Å². The largest absolute Gasteiger partial charge is 0.389 e. The van der Waals surface area contributed by atoms with Gasteiger partial charge < -0.3 is 9.67 Å². The van der Waals surface area contributed by atoms with E-state index in [9.17, 15) is 13.5 Å². The van der Waals surface area contributed by atoms with E-state index in [-0.39, 0.29) is 11.6 Å². The zero-order chi connectivity index (χ0) is 12.7. The molecular weight excluding hydrogens is 242 g/mol. The number of sulfonamides is 1. The van der Waals surface area contributed by atoms with E-state index in [2.05, 4.69) is 4.98 Å². The number of imidazole rings is 1. The molecule has 96 valence electrons. The minimum absolute atomic E-state index is 0.0395. The van der Waals surface area contributed by atoms with E-state index < -0.39 is 15.6 Å². The highest BCUT2D eigenvalue weighted by Crippen LogP contribution is 2.25. The number of rotatable bonds is 2. The molecule has 7 heteroatoms. The number of aromatic nitrogens is 2. The molecule has 0 spiro atoms. The lowest BCUT2D eigenvalue weighted by Gasteiger charge is -2.35. The Balaban J connectivity index is 2.27. The summed E-state index contributed by atoms with van der Waals surface area (Å²) in [4.78, 5) is 3.86. The van der Waals surface area contributed by atoms with Crippen molar-refractivity contribution >= 4 is 10.0 Å². The van der Waals surface area contributed by atoms with Crippen LogP contribution < -0.4 is 0 Å². The molecule has 1 aliphatic rings. The molecule has 1 unspecified atom stereocenters. The third-order valence-electron chi connectivity index (χ3n) is 2.93. The fourth-order valence-electron chi connectivity index (χ4n) is 2.03. The Morgan fingerprint density at radius 3 is 2.76 bits per heavy atom. The summed E-state index contributed by atoms with van der Waals surface area (Å²) >= 11 is 0. The van der Waals surface area contributed by atoms with Gasteiger partial charge in [0, 0.05) is 26.3 Å². The number of hydrogen-bond donors (Lipinski definition) is 1. The van der Waals surface area contributed by atoms with Crippen molar-refractivity contribution in [2.75, 3.05) is 13.1 Å². The van der Waals surface area contributed by atoms with Crippen LogP contribution in [0.25, 0.3) is 0 Å². The van der Waals surface area contributed by atoms with E-state index >= 15 is 0 Å². The highest BCUT2D eigenvalue weighted by Gasteiger charge is 2.36. The van der Waals surface area contributed by atoms with Gasteiger partial charge in [0.05, 0.1) is 11.9 Å². The summed E-state index contributed by atoms with van der Waals surface area (Å²) in [6.45, 7) is 2.23. The van der Waals surface area contributed by atoms with Crippen molar-refractivity contribution in [3.8, 4) is 0 Å². The molecule has 0 bridgehead atoms. The lowest BCUT2D eigenvalue weighted by molar-refractivity contribution is 0.00934. The molecule has 1 aliphatic heterocycles. The molecule has 17 heavy (non-hydrogen) atoms. The van der Waals surface area contributed by atoms with Gasteiger partial charge in [0.2, 0.25) is 0 Å². The van der Waals surface area contributed by atoms with E-state index in [1.165, 1.54) is 16.8 Å². The van der Waals surface area contributed by atoms with Crippen molar-refractivity contribution in [3.63, 3.8) is 0 Å². The van der Waals surface area contributed by atoms with E-state index in [0.29, 0.717) is 19.4 Å². The Labute approximate surface area is 101 Å². The molecule has 0 radical (unpaired) electrons. The highest BCUT2D eigenvalue weighted by molar-refractivity contribution is 7.89. The number of piperidine rings is 1. The molecular formula is C10H17N3O3S. The van der Waals surface area contributed by atoms with Crippen LogP contribution >= 0.6 is 0 Å². The van der Waals surface area contributed by atoms with Crippen LogP contribution in [0.2, 0.25) is 0 Å². The van der Waals surface area contributed by atoms with Gasteiger partial charge >= 0.3 is 0 Å². The Morgan fingerprint density at radius 1 is 1.53 bits per heavy atom.